The zero-order valence-electron chi connectivity index (χ0n) is 46.4. The number of fused-ring (bicyclic) bond motifs is 1. The summed E-state index contributed by atoms with van der Waals surface area (Å²) in [6.45, 7) is 17.8. The third-order valence-electron chi connectivity index (χ3n) is 15.4. The molecule has 79 heavy (non-hydrogen) atoms. The lowest BCUT2D eigenvalue weighted by Gasteiger charge is -2.37. The number of aromatic hydroxyl groups is 2. The van der Waals surface area contributed by atoms with E-state index in [0.717, 1.165) is 47.8 Å². The Bertz CT molecular complexity index is 3180. The smallest absolute Gasteiger partial charge is 0.482 e. The fourth-order valence-electron chi connectivity index (χ4n) is 10.6. The number of amidine groups is 2. The average Bonchev–Trinajstić information content (AvgIpc) is 4.20. The standard InChI is InChI=1S/C60H73BN10O8/c1-9-65-57(76)54(63)71(53(62)46-34-45(38(4)5)50(72)35-51(46)73)44-19-20-49-42(33-44)24-30-69(49)27-21-39-22-28-70(29-23-39)58(77)41-15-17-43(18-16-41)60(8)59(6,7)78-61(79-60)52(31-37(2)3)68-55(74)47(32-40-13-11-10-12-14-40)67-56(75)48-36-64-25-26-66-48/h10-20,24-26,30,33-39,47,52,62-63,72-73H,9,21-23,27-29,31-32H2,1-8H3,(H,65,76)(H,67,75)(H,68,74). The van der Waals surface area contributed by atoms with Crippen LogP contribution in [-0.2, 0) is 37.5 Å². The maximum absolute atomic E-state index is 14.2. The van der Waals surface area contributed by atoms with E-state index in [2.05, 4.69) is 44.3 Å². The van der Waals surface area contributed by atoms with Gasteiger partial charge in [-0.3, -0.25) is 39.9 Å². The van der Waals surface area contributed by atoms with E-state index >= 15 is 0 Å². The van der Waals surface area contributed by atoms with Gasteiger partial charge < -0.3 is 44.9 Å². The normalized spacial score (nSPS) is 17.1. The highest BCUT2D eigenvalue weighted by Gasteiger charge is 2.57. The van der Waals surface area contributed by atoms with Gasteiger partial charge in [-0.2, -0.15) is 0 Å². The number of nitrogens with zero attached hydrogens (tertiary/aromatic N) is 5. The molecule has 3 unspecified atom stereocenters. The van der Waals surface area contributed by atoms with Crippen molar-refractivity contribution in [1.82, 2.24) is 35.4 Å². The van der Waals surface area contributed by atoms with Gasteiger partial charge >= 0.3 is 7.12 Å². The van der Waals surface area contributed by atoms with E-state index in [4.69, 9.17) is 14.7 Å². The minimum atomic E-state index is -0.965. The van der Waals surface area contributed by atoms with Gasteiger partial charge in [0.15, 0.2) is 5.84 Å². The monoisotopic (exact) mass is 1070 g/mol. The lowest BCUT2D eigenvalue weighted by Crippen LogP contribution is -2.55. The van der Waals surface area contributed by atoms with E-state index < -0.39 is 48.0 Å². The Kier molecular flexibility index (Phi) is 17.7. The Hall–Kier alpha value is -7.90. The summed E-state index contributed by atoms with van der Waals surface area (Å²) in [6, 6.07) is 26.2. The van der Waals surface area contributed by atoms with Crippen LogP contribution in [0.15, 0.2) is 116 Å². The van der Waals surface area contributed by atoms with E-state index in [-0.39, 0.29) is 65.2 Å². The number of hydrogen-bond donors (Lipinski definition) is 7. The van der Waals surface area contributed by atoms with Gasteiger partial charge in [0, 0.05) is 73.7 Å². The quantitative estimate of drug-likeness (QED) is 0.0244. The summed E-state index contributed by atoms with van der Waals surface area (Å²) in [5.41, 5.74) is 2.48. The summed E-state index contributed by atoms with van der Waals surface area (Å²) < 4.78 is 15.7. The van der Waals surface area contributed by atoms with Crippen molar-refractivity contribution >= 4 is 59.0 Å². The van der Waals surface area contributed by atoms with Crippen molar-refractivity contribution in [1.29, 1.82) is 10.8 Å². The molecule has 7 N–H and O–H groups in total. The van der Waals surface area contributed by atoms with Crippen molar-refractivity contribution < 1.29 is 38.7 Å². The molecule has 3 atom stereocenters. The minimum Gasteiger partial charge on any atom is -0.508 e. The number of aryl methyl sites for hydroxylation is 1. The lowest BCUT2D eigenvalue weighted by molar-refractivity contribution is -0.123. The van der Waals surface area contributed by atoms with E-state index in [0.29, 0.717) is 42.2 Å². The van der Waals surface area contributed by atoms with Crippen molar-refractivity contribution in [3.63, 3.8) is 0 Å². The fraction of sp³-hybridized carbons (Fsp3) is 0.400. The molecular weight excluding hydrogens is 1000 g/mol. The van der Waals surface area contributed by atoms with Crippen molar-refractivity contribution in [3.05, 3.63) is 149 Å². The molecule has 0 spiro atoms. The van der Waals surface area contributed by atoms with Gasteiger partial charge in [-0.15, -0.1) is 0 Å². The highest BCUT2D eigenvalue weighted by molar-refractivity contribution is 6.48. The Labute approximate surface area is 462 Å². The summed E-state index contributed by atoms with van der Waals surface area (Å²) in [5.74, 6) is -2.98. The minimum absolute atomic E-state index is 0.0392. The molecule has 6 aromatic rings. The van der Waals surface area contributed by atoms with Crippen LogP contribution < -0.4 is 20.9 Å². The molecule has 4 aromatic carbocycles. The van der Waals surface area contributed by atoms with Crippen LogP contribution >= 0.6 is 0 Å². The molecule has 18 nitrogen and oxygen atoms in total. The second-order valence-corrected chi connectivity index (χ2v) is 22.0. The van der Waals surface area contributed by atoms with Crippen LogP contribution in [0, 0.1) is 22.7 Å². The fourth-order valence-corrected chi connectivity index (χ4v) is 10.6. The number of phenolic OH excluding ortho intramolecular Hbond substituents is 2. The molecule has 0 bridgehead atoms. The first-order chi connectivity index (χ1) is 37.7. The molecule has 19 heteroatoms. The number of nitrogens with one attached hydrogen (secondary N) is 5. The molecule has 0 aliphatic carbocycles. The van der Waals surface area contributed by atoms with E-state index in [1.165, 1.54) is 35.6 Å². The predicted molar refractivity (Wildman–Crippen MR) is 305 cm³/mol. The van der Waals surface area contributed by atoms with Crippen LogP contribution in [0.3, 0.4) is 0 Å². The van der Waals surface area contributed by atoms with E-state index in [1.807, 2.05) is 119 Å². The molecule has 0 saturated carbocycles. The van der Waals surface area contributed by atoms with Gasteiger partial charge in [0.25, 0.3) is 17.7 Å². The number of likely N-dealkylation sites (tertiary alicyclic amines) is 1. The first-order valence-corrected chi connectivity index (χ1v) is 27.2. The van der Waals surface area contributed by atoms with Crippen LogP contribution in [0.5, 0.6) is 11.5 Å². The number of benzene rings is 4. The molecule has 4 heterocycles. The summed E-state index contributed by atoms with van der Waals surface area (Å²) in [7, 11) is -0.834. The summed E-state index contributed by atoms with van der Waals surface area (Å²) in [4.78, 5) is 65.8. The number of piperidine rings is 1. The summed E-state index contributed by atoms with van der Waals surface area (Å²) in [6.07, 6.45) is 9.64. The topological polar surface area (TPSA) is 248 Å². The highest BCUT2D eigenvalue weighted by atomic mass is 16.7. The van der Waals surface area contributed by atoms with Crippen LogP contribution in [0.2, 0.25) is 0 Å². The first kappa shape index (κ1) is 57.3. The number of aromatic nitrogens is 3. The zero-order valence-corrected chi connectivity index (χ0v) is 46.4. The van der Waals surface area contributed by atoms with Crippen molar-refractivity contribution in [2.75, 3.05) is 24.5 Å². The van der Waals surface area contributed by atoms with Crippen LogP contribution in [0.1, 0.15) is 130 Å². The number of amides is 4. The van der Waals surface area contributed by atoms with Crippen LogP contribution in [0.4, 0.5) is 5.69 Å². The second kappa shape index (κ2) is 24.4. The Morgan fingerprint density at radius 2 is 1.59 bits per heavy atom. The predicted octanol–water partition coefficient (Wildman–Crippen LogP) is 8.49. The zero-order chi connectivity index (χ0) is 56.8. The number of hydrogen-bond acceptors (Lipinski definition) is 12. The molecule has 414 valence electrons. The Morgan fingerprint density at radius 3 is 2.25 bits per heavy atom. The average molecular weight is 1070 g/mol. The van der Waals surface area contributed by atoms with Gasteiger partial charge in [-0.05, 0) is 130 Å². The molecule has 2 aliphatic rings. The molecule has 2 saturated heterocycles. The molecule has 2 fully saturated rings. The van der Waals surface area contributed by atoms with E-state index in [9.17, 15) is 34.8 Å². The number of carbonyl (C=O) groups excluding carboxylic acids is 4. The lowest BCUT2D eigenvalue weighted by atomic mass is 9.73. The second-order valence-electron chi connectivity index (χ2n) is 22.0. The van der Waals surface area contributed by atoms with Gasteiger partial charge in [-0.1, -0.05) is 70.2 Å². The number of anilines is 1. The summed E-state index contributed by atoms with van der Waals surface area (Å²) in [5, 5.41) is 48.9. The Morgan fingerprint density at radius 1 is 0.873 bits per heavy atom. The third kappa shape index (κ3) is 12.8. The molecule has 2 aromatic heterocycles. The molecule has 0 radical (unpaired) electrons. The van der Waals surface area contributed by atoms with Crippen molar-refractivity contribution in [2.45, 2.75) is 123 Å². The van der Waals surface area contributed by atoms with Crippen LogP contribution in [-0.4, -0.2) is 109 Å². The SMILES string of the molecule is CCNC(=O)C(=N)N(C(=N)c1cc(C(C)C)c(O)cc1O)c1ccc2c(ccn2CCC2CCN(C(=O)c3ccc(C4(C)OB(C(CC(C)C)NC(=O)C(Cc5ccccc5)NC(=O)c5cnccn5)OC4(C)C)cc3)CC2)c1. The summed E-state index contributed by atoms with van der Waals surface area (Å²) >= 11 is 0. The van der Waals surface area contributed by atoms with Gasteiger partial charge in [-0.25, -0.2) is 4.98 Å². The maximum Gasteiger partial charge on any atom is 0.482 e. The molecule has 2 aliphatic heterocycles. The largest absolute Gasteiger partial charge is 0.508 e. The number of carbonyl (C=O) groups is 4. The maximum atomic E-state index is 14.2. The molecular formula is C60H73BN10O8. The Balaban J connectivity index is 0.887. The number of rotatable bonds is 18. The van der Waals surface area contributed by atoms with E-state index in [1.54, 1.807) is 13.0 Å². The van der Waals surface area contributed by atoms with Crippen molar-refractivity contribution in [3.8, 4) is 11.5 Å². The van der Waals surface area contributed by atoms with Gasteiger partial charge in [0.2, 0.25) is 5.91 Å². The highest BCUT2D eigenvalue weighted by Crippen LogP contribution is 2.46. The number of likely N-dealkylation sites (N-methyl/N-ethyl adjacent to an activating group) is 1. The van der Waals surface area contributed by atoms with Gasteiger partial charge in [0.1, 0.15) is 34.7 Å². The molecule has 4 amide bonds. The van der Waals surface area contributed by atoms with Gasteiger partial charge in [0.05, 0.1) is 29.0 Å². The third-order valence-corrected chi connectivity index (χ3v) is 15.4. The van der Waals surface area contributed by atoms with Crippen molar-refractivity contribution in [2.24, 2.45) is 11.8 Å². The van der Waals surface area contributed by atoms with Crippen LogP contribution in [0.25, 0.3) is 10.9 Å². The first-order valence-electron chi connectivity index (χ1n) is 27.2. The number of phenols is 2. The molecule has 8 rings (SSSR count).